The fourth-order valence-corrected chi connectivity index (χ4v) is 0.318. The summed E-state index contributed by atoms with van der Waals surface area (Å²) in [7, 11) is 0. The molecule has 5 nitrogen and oxygen atoms in total. The third-order valence-corrected chi connectivity index (χ3v) is 0.784. The molecule has 0 aliphatic carbocycles. The van der Waals surface area contributed by atoms with Gasteiger partial charge in [-0.25, -0.2) is 0 Å². The topological polar surface area (TPSA) is 97.3 Å². The van der Waals surface area contributed by atoms with E-state index in [0.29, 0.717) is 0 Å². The van der Waals surface area contributed by atoms with Crippen LogP contribution in [0.25, 0.3) is 0 Å². The zero-order chi connectivity index (χ0) is 8.15. The van der Waals surface area contributed by atoms with Crippen LogP contribution in [0.15, 0.2) is 0 Å². The molecule has 0 fully saturated rings. The summed E-state index contributed by atoms with van der Waals surface area (Å²) in [6, 6.07) is 0. The van der Waals surface area contributed by atoms with Crippen LogP contribution >= 0.6 is 0 Å². The van der Waals surface area contributed by atoms with Gasteiger partial charge in [-0.1, -0.05) is 0 Å². The van der Waals surface area contributed by atoms with E-state index in [0.717, 1.165) is 0 Å². The van der Waals surface area contributed by atoms with E-state index in [9.17, 15) is 24.6 Å². The van der Waals surface area contributed by atoms with Crippen LogP contribution < -0.4 is 10.2 Å². The Labute approximate surface area is 79.4 Å². The van der Waals surface area contributed by atoms with Crippen LogP contribution in [0.3, 0.4) is 0 Å². The quantitative estimate of drug-likeness (QED) is 0.386. The Morgan fingerprint density at radius 1 is 1.00 bits per heavy atom. The maximum Gasteiger partial charge on any atom is 2.00 e. The summed E-state index contributed by atoms with van der Waals surface area (Å²) < 4.78 is 0. The van der Waals surface area contributed by atoms with Gasteiger partial charge in [-0.3, -0.25) is 4.79 Å². The van der Waals surface area contributed by atoms with Crippen molar-refractivity contribution >= 4 is 41.6 Å². The monoisotopic (exact) mass is 264 g/mol. The van der Waals surface area contributed by atoms with Crippen molar-refractivity contribution in [3.05, 3.63) is 0 Å². The summed E-state index contributed by atoms with van der Waals surface area (Å²) in [6.45, 7) is 0. The van der Waals surface area contributed by atoms with Gasteiger partial charge in [0.15, 0.2) is 5.78 Å². The van der Waals surface area contributed by atoms with Crippen LogP contribution in [0.1, 0.15) is 12.8 Å². The molecule has 0 bridgehead atoms. The predicted molar refractivity (Wildman–Crippen MR) is 30.0 cm³/mol. The number of hydrogen-bond donors (Lipinski definition) is 0. The van der Waals surface area contributed by atoms with E-state index in [1.165, 1.54) is 0 Å². The molecule has 0 saturated heterocycles. The Morgan fingerprint density at radius 2 is 1.45 bits per heavy atom. The van der Waals surface area contributed by atoms with Gasteiger partial charge in [-0.15, -0.1) is 0 Å². The van der Waals surface area contributed by atoms with Gasteiger partial charge in [0.1, 0.15) is 5.97 Å². The maximum atomic E-state index is 10.1. The molecule has 0 saturated carbocycles. The molecule has 6 heteroatoms. The van der Waals surface area contributed by atoms with Gasteiger partial charge in [-0.2, -0.15) is 0 Å². The molecule has 0 aliphatic rings. The molecule has 0 aromatic carbocycles. The second-order valence-corrected chi connectivity index (χ2v) is 1.58. The Bertz CT molecular complexity index is 176. The van der Waals surface area contributed by atoms with Crippen molar-refractivity contribution in [3.63, 3.8) is 0 Å². The van der Waals surface area contributed by atoms with E-state index in [2.05, 4.69) is 0 Å². The number of Topliss-reactive ketones (excluding diaryl/α,β-unsaturated/α-hetero) is 1. The van der Waals surface area contributed by atoms with E-state index >= 15 is 0 Å². The van der Waals surface area contributed by atoms with Crippen LogP contribution in [0.5, 0.6) is 0 Å². The number of carboxylic acid groups (broad SMARTS) is 2. The van der Waals surface area contributed by atoms with Gasteiger partial charge in [0.25, 0.3) is 0 Å². The summed E-state index contributed by atoms with van der Waals surface area (Å²) in [4.78, 5) is 29.4. The molecule has 0 heterocycles. The molecule has 0 spiro atoms. The second-order valence-electron chi connectivity index (χ2n) is 1.58. The average molecular weight is 263 g/mol. The number of hydrogen-bond acceptors (Lipinski definition) is 5. The zero-order valence-corrected chi connectivity index (χ0v) is 8.31. The number of carbonyl (C=O) groups is 3. The van der Waals surface area contributed by atoms with Crippen LogP contribution in [0.4, 0.5) is 0 Å². The molecule has 0 atom stereocenters. The van der Waals surface area contributed by atoms with E-state index < -0.39 is 30.6 Å². The number of ketones is 1. The van der Waals surface area contributed by atoms with Crippen molar-refractivity contribution in [2.45, 2.75) is 12.8 Å². The van der Waals surface area contributed by atoms with Gasteiger partial charge in [-0.05, 0) is 6.42 Å². The Balaban J connectivity index is 0. The first-order valence-electron chi connectivity index (χ1n) is 2.48. The molecular weight excluding hydrogens is 259 g/mol. The van der Waals surface area contributed by atoms with Gasteiger partial charge in [0.2, 0.25) is 0 Å². The van der Waals surface area contributed by atoms with Crippen molar-refractivity contribution in [1.82, 2.24) is 0 Å². The third-order valence-electron chi connectivity index (χ3n) is 0.784. The smallest absolute Gasteiger partial charge is 0.550 e. The number of carbonyl (C=O) groups excluding carboxylic acids is 3. The molecular formula is C5H4O5Sn. The summed E-state index contributed by atoms with van der Waals surface area (Å²) in [6.07, 6.45) is -1.14. The second kappa shape index (κ2) is 6.14. The van der Waals surface area contributed by atoms with Crippen LogP contribution in [-0.2, 0) is 14.4 Å². The molecule has 0 aliphatic heterocycles. The van der Waals surface area contributed by atoms with Gasteiger partial charge in [0, 0.05) is 12.4 Å². The predicted octanol–water partition coefficient (Wildman–Crippen LogP) is -3.55. The van der Waals surface area contributed by atoms with E-state index in [-0.39, 0.29) is 23.9 Å². The summed E-state index contributed by atoms with van der Waals surface area (Å²) in [5, 5.41) is 19.3. The standard InChI is InChI=1S/C5H6O5.Sn/c6-3(5(9)10)1-2-4(7)8;/h1-2H2,(H,7,8)(H,9,10);/q;+2/p-2. The van der Waals surface area contributed by atoms with Crippen molar-refractivity contribution in [1.29, 1.82) is 0 Å². The fourth-order valence-electron chi connectivity index (χ4n) is 0.318. The summed E-state index contributed by atoms with van der Waals surface area (Å²) >= 11 is 0. The molecule has 0 aromatic rings. The van der Waals surface area contributed by atoms with Crippen LogP contribution in [0, 0.1) is 0 Å². The molecule has 0 rings (SSSR count). The van der Waals surface area contributed by atoms with Crippen LogP contribution in [-0.4, -0.2) is 41.6 Å². The Kier molecular flexibility index (Phi) is 7.27. The first-order chi connectivity index (χ1) is 4.54. The maximum absolute atomic E-state index is 10.1. The van der Waals surface area contributed by atoms with E-state index in [1.807, 2.05) is 0 Å². The van der Waals surface area contributed by atoms with Crippen LogP contribution in [0.2, 0.25) is 0 Å². The molecule has 11 heavy (non-hydrogen) atoms. The Morgan fingerprint density at radius 3 is 1.73 bits per heavy atom. The molecule has 58 valence electrons. The van der Waals surface area contributed by atoms with E-state index in [4.69, 9.17) is 0 Å². The third kappa shape index (κ3) is 7.30. The fraction of sp³-hybridized carbons (Fsp3) is 0.400. The molecule has 0 unspecified atom stereocenters. The van der Waals surface area contributed by atoms with Crippen molar-refractivity contribution < 1.29 is 24.6 Å². The van der Waals surface area contributed by atoms with E-state index in [1.54, 1.807) is 0 Å². The van der Waals surface area contributed by atoms with Gasteiger partial charge >= 0.3 is 23.9 Å². The molecule has 0 aromatic heterocycles. The molecule has 2 radical (unpaired) electrons. The first-order valence-corrected chi connectivity index (χ1v) is 2.48. The normalized spacial score (nSPS) is 8.00. The number of rotatable bonds is 4. The SMILES string of the molecule is O=C([O-])CCC(=O)C(=O)[O-].[Sn+2]. The largest absolute Gasteiger partial charge is 2.00 e. The van der Waals surface area contributed by atoms with Gasteiger partial charge < -0.3 is 19.8 Å². The Hall–Kier alpha value is -0.591. The zero-order valence-electron chi connectivity index (χ0n) is 5.46. The number of aliphatic carboxylic acids is 2. The molecule has 0 N–H and O–H groups in total. The van der Waals surface area contributed by atoms with Gasteiger partial charge in [0.05, 0.1) is 0 Å². The number of carboxylic acids is 2. The first kappa shape index (κ1) is 13.0. The van der Waals surface area contributed by atoms with Crippen molar-refractivity contribution in [3.8, 4) is 0 Å². The minimum absolute atomic E-state index is 0. The average Bonchev–Trinajstić information content (AvgIpc) is 1.82. The minimum Gasteiger partial charge on any atom is -0.550 e. The van der Waals surface area contributed by atoms with Crippen molar-refractivity contribution in [2.24, 2.45) is 0 Å². The minimum atomic E-state index is -1.86. The van der Waals surface area contributed by atoms with Crippen molar-refractivity contribution in [2.75, 3.05) is 0 Å². The summed E-state index contributed by atoms with van der Waals surface area (Å²) in [5.74, 6) is -4.53. The summed E-state index contributed by atoms with van der Waals surface area (Å²) in [5.41, 5.74) is 0. The molecule has 0 amide bonds.